The van der Waals surface area contributed by atoms with Crippen molar-refractivity contribution >= 4 is 0 Å². The number of nitrogens with two attached hydrogens (primary N) is 1. The van der Waals surface area contributed by atoms with Gasteiger partial charge >= 0.3 is 0 Å². The van der Waals surface area contributed by atoms with Gasteiger partial charge in [-0.25, -0.2) is 8.78 Å². The van der Waals surface area contributed by atoms with Crippen molar-refractivity contribution in [2.24, 2.45) is 5.84 Å². The minimum absolute atomic E-state index is 0.0669. The molecule has 0 spiro atoms. The van der Waals surface area contributed by atoms with Crippen molar-refractivity contribution in [2.45, 2.75) is 19.4 Å². The molecule has 0 fully saturated rings. The van der Waals surface area contributed by atoms with Crippen molar-refractivity contribution < 1.29 is 8.78 Å². The Kier molecular flexibility index (Phi) is 4.22. The molecule has 0 aliphatic carbocycles. The standard InChI is InChI=1S/C11H12F2N2/c1-2-3-7-10(15-14)11-8(12)5-4-6-9(11)13/h4-6,10,15H,7,14H2,1H3. The molecule has 1 rings (SSSR count). The Balaban J connectivity index is 3.03. The molecule has 0 saturated carbocycles. The Bertz CT molecular complexity index is 373. The third kappa shape index (κ3) is 2.75. The Morgan fingerprint density at radius 3 is 2.47 bits per heavy atom. The van der Waals surface area contributed by atoms with Gasteiger partial charge in [-0.2, -0.15) is 0 Å². The summed E-state index contributed by atoms with van der Waals surface area (Å²) in [5, 5.41) is 0. The van der Waals surface area contributed by atoms with Crippen molar-refractivity contribution in [3.05, 3.63) is 35.4 Å². The quantitative estimate of drug-likeness (QED) is 0.454. The Hall–Kier alpha value is -1.44. The summed E-state index contributed by atoms with van der Waals surface area (Å²) in [4.78, 5) is 0. The predicted octanol–water partition coefficient (Wildman–Crippen LogP) is 1.88. The van der Waals surface area contributed by atoms with Gasteiger partial charge in [-0.3, -0.25) is 11.3 Å². The first-order valence-electron chi connectivity index (χ1n) is 4.50. The van der Waals surface area contributed by atoms with Crippen LogP contribution in [0.4, 0.5) is 8.78 Å². The molecule has 0 radical (unpaired) electrons. The highest BCUT2D eigenvalue weighted by Crippen LogP contribution is 2.22. The van der Waals surface area contributed by atoms with Crippen LogP contribution in [0.3, 0.4) is 0 Å². The van der Waals surface area contributed by atoms with Gasteiger partial charge in [0.1, 0.15) is 11.6 Å². The maximum absolute atomic E-state index is 13.3. The lowest BCUT2D eigenvalue weighted by Crippen LogP contribution is -2.29. The molecule has 0 heterocycles. The molecule has 80 valence electrons. The van der Waals surface area contributed by atoms with E-state index < -0.39 is 17.7 Å². The van der Waals surface area contributed by atoms with Crippen molar-refractivity contribution in [3.63, 3.8) is 0 Å². The molecule has 1 aromatic rings. The zero-order chi connectivity index (χ0) is 11.3. The first kappa shape index (κ1) is 11.6. The second kappa shape index (κ2) is 5.44. The minimum atomic E-state index is -0.626. The maximum Gasteiger partial charge on any atom is 0.131 e. The fraction of sp³-hybridized carbons (Fsp3) is 0.273. The molecule has 1 atom stereocenters. The molecular weight excluding hydrogens is 198 g/mol. The van der Waals surface area contributed by atoms with Gasteiger partial charge < -0.3 is 0 Å². The van der Waals surface area contributed by atoms with E-state index in [1.54, 1.807) is 6.92 Å². The first-order valence-corrected chi connectivity index (χ1v) is 4.50. The van der Waals surface area contributed by atoms with E-state index in [1.807, 2.05) is 0 Å². The average molecular weight is 210 g/mol. The molecule has 0 amide bonds. The van der Waals surface area contributed by atoms with Gasteiger partial charge in [0.15, 0.2) is 0 Å². The van der Waals surface area contributed by atoms with Gasteiger partial charge in [0.2, 0.25) is 0 Å². The zero-order valence-corrected chi connectivity index (χ0v) is 8.35. The van der Waals surface area contributed by atoms with E-state index >= 15 is 0 Å². The van der Waals surface area contributed by atoms with Crippen molar-refractivity contribution in [1.29, 1.82) is 0 Å². The van der Waals surface area contributed by atoms with E-state index in [1.165, 1.54) is 18.2 Å². The molecule has 4 heteroatoms. The second-order valence-corrected chi connectivity index (χ2v) is 2.99. The molecule has 3 N–H and O–H groups in total. The van der Waals surface area contributed by atoms with Crippen LogP contribution in [-0.2, 0) is 0 Å². The Morgan fingerprint density at radius 2 is 2.00 bits per heavy atom. The zero-order valence-electron chi connectivity index (χ0n) is 8.35. The summed E-state index contributed by atoms with van der Waals surface area (Å²) in [6.45, 7) is 1.66. The monoisotopic (exact) mass is 210 g/mol. The van der Waals surface area contributed by atoms with E-state index in [9.17, 15) is 8.78 Å². The van der Waals surface area contributed by atoms with Crippen LogP contribution in [0.25, 0.3) is 0 Å². The lowest BCUT2D eigenvalue weighted by molar-refractivity contribution is 0.480. The molecule has 1 unspecified atom stereocenters. The van der Waals surface area contributed by atoms with Crippen LogP contribution in [0.15, 0.2) is 18.2 Å². The molecular formula is C11H12F2N2. The summed E-state index contributed by atoms with van der Waals surface area (Å²) < 4.78 is 26.7. The van der Waals surface area contributed by atoms with E-state index in [0.29, 0.717) is 0 Å². The van der Waals surface area contributed by atoms with Crippen molar-refractivity contribution in [1.82, 2.24) is 5.43 Å². The van der Waals surface area contributed by atoms with Gasteiger partial charge in [0.05, 0.1) is 6.04 Å². The number of halogens is 2. The third-order valence-electron chi connectivity index (χ3n) is 2.03. The fourth-order valence-corrected chi connectivity index (χ4v) is 1.29. The highest BCUT2D eigenvalue weighted by Gasteiger charge is 2.17. The highest BCUT2D eigenvalue weighted by atomic mass is 19.1. The molecule has 15 heavy (non-hydrogen) atoms. The first-order chi connectivity index (χ1) is 7.20. The van der Waals surface area contributed by atoms with Crippen LogP contribution in [0, 0.1) is 23.5 Å². The summed E-state index contributed by atoms with van der Waals surface area (Å²) in [5.41, 5.74) is 2.29. The maximum atomic E-state index is 13.3. The summed E-state index contributed by atoms with van der Waals surface area (Å²) in [5.74, 6) is 9.38. The van der Waals surface area contributed by atoms with E-state index in [2.05, 4.69) is 17.3 Å². The number of hydrogen-bond donors (Lipinski definition) is 2. The number of hydrazine groups is 1. The second-order valence-electron chi connectivity index (χ2n) is 2.99. The van der Waals surface area contributed by atoms with Crippen LogP contribution >= 0.6 is 0 Å². The van der Waals surface area contributed by atoms with E-state index in [0.717, 1.165) is 0 Å². The number of rotatable bonds is 3. The summed E-state index contributed by atoms with van der Waals surface area (Å²) in [7, 11) is 0. The minimum Gasteiger partial charge on any atom is -0.271 e. The lowest BCUT2D eigenvalue weighted by atomic mass is 10.0. The van der Waals surface area contributed by atoms with Crippen molar-refractivity contribution in [2.75, 3.05) is 0 Å². The highest BCUT2D eigenvalue weighted by molar-refractivity contribution is 5.24. The lowest BCUT2D eigenvalue weighted by Gasteiger charge is -2.14. The largest absolute Gasteiger partial charge is 0.271 e. The number of nitrogens with one attached hydrogen (secondary N) is 1. The van der Waals surface area contributed by atoms with Crippen molar-refractivity contribution in [3.8, 4) is 11.8 Å². The number of benzene rings is 1. The van der Waals surface area contributed by atoms with Crippen LogP contribution in [0.2, 0.25) is 0 Å². The Morgan fingerprint density at radius 1 is 1.40 bits per heavy atom. The van der Waals surface area contributed by atoms with Crippen LogP contribution in [-0.4, -0.2) is 0 Å². The predicted molar refractivity (Wildman–Crippen MR) is 54.5 cm³/mol. The molecule has 0 aromatic heterocycles. The Labute approximate surface area is 87.4 Å². The van der Waals surface area contributed by atoms with E-state index in [-0.39, 0.29) is 12.0 Å². The molecule has 0 bridgehead atoms. The third-order valence-corrected chi connectivity index (χ3v) is 2.03. The van der Waals surface area contributed by atoms with Crippen LogP contribution in [0.5, 0.6) is 0 Å². The number of hydrogen-bond acceptors (Lipinski definition) is 2. The molecule has 0 saturated heterocycles. The summed E-state index contributed by atoms with van der Waals surface area (Å²) in [6.07, 6.45) is 0.269. The van der Waals surface area contributed by atoms with Gasteiger partial charge in [-0.15, -0.1) is 11.8 Å². The molecule has 1 aromatic carbocycles. The fourth-order valence-electron chi connectivity index (χ4n) is 1.29. The normalized spacial score (nSPS) is 11.7. The van der Waals surface area contributed by atoms with E-state index in [4.69, 9.17) is 5.84 Å². The van der Waals surface area contributed by atoms with Crippen LogP contribution < -0.4 is 11.3 Å². The van der Waals surface area contributed by atoms with Gasteiger partial charge in [-0.05, 0) is 19.1 Å². The van der Waals surface area contributed by atoms with Gasteiger partial charge in [0, 0.05) is 12.0 Å². The molecule has 0 aliphatic rings. The van der Waals surface area contributed by atoms with Crippen LogP contribution in [0.1, 0.15) is 24.9 Å². The molecule has 0 aliphatic heterocycles. The average Bonchev–Trinajstić information content (AvgIpc) is 2.22. The van der Waals surface area contributed by atoms with Gasteiger partial charge in [0.25, 0.3) is 0 Å². The SMILES string of the molecule is CC#CCC(NN)c1c(F)cccc1F. The summed E-state index contributed by atoms with van der Waals surface area (Å²) in [6, 6.07) is 3.08. The molecule has 2 nitrogen and oxygen atoms in total. The topological polar surface area (TPSA) is 38.0 Å². The summed E-state index contributed by atoms with van der Waals surface area (Å²) >= 11 is 0. The van der Waals surface area contributed by atoms with Gasteiger partial charge in [-0.1, -0.05) is 6.07 Å². The smallest absolute Gasteiger partial charge is 0.131 e.